The fraction of sp³-hybridized carbons (Fsp3) is 0.174. The highest BCUT2D eigenvalue weighted by molar-refractivity contribution is 5.89. The van der Waals surface area contributed by atoms with Crippen LogP contribution in [0.1, 0.15) is 27.4 Å². The summed E-state index contributed by atoms with van der Waals surface area (Å²) in [6, 6.07) is 14.3. The molecule has 2 aromatic carbocycles. The van der Waals surface area contributed by atoms with Crippen molar-refractivity contribution in [3.63, 3.8) is 0 Å². The Balaban J connectivity index is 1.92. The smallest absolute Gasteiger partial charge is 0.337 e. The molecule has 0 amide bonds. The number of aromatic nitrogens is 2. The first kappa shape index (κ1) is 20.8. The number of nitriles is 1. The Kier molecular flexibility index (Phi) is 5.43. The highest BCUT2D eigenvalue weighted by atomic mass is 16.5. The molecule has 162 valence electrons. The second-order valence-electron chi connectivity index (χ2n) is 6.92. The fourth-order valence-corrected chi connectivity index (χ4v) is 3.72. The number of rotatable bonds is 5. The summed E-state index contributed by atoms with van der Waals surface area (Å²) in [6.45, 7) is 0. The Morgan fingerprint density at radius 2 is 1.91 bits per heavy atom. The number of carbonyl (C=O) groups is 1. The lowest BCUT2D eigenvalue weighted by atomic mass is 9.82. The van der Waals surface area contributed by atoms with Crippen LogP contribution in [0.15, 0.2) is 53.9 Å². The summed E-state index contributed by atoms with van der Waals surface area (Å²) in [4.78, 5) is 11.8. The van der Waals surface area contributed by atoms with Gasteiger partial charge in [0.1, 0.15) is 23.1 Å². The topological polar surface area (TPSA) is 132 Å². The van der Waals surface area contributed by atoms with Gasteiger partial charge in [0, 0.05) is 5.56 Å². The van der Waals surface area contributed by atoms with Crippen LogP contribution in [-0.4, -0.2) is 37.5 Å². The number of nitrogens with two attached hydrogens (primary N) is 1. The highest BCUT2D eigenvalue weighted by Gasteiger charge is 2.36. The molecule has 0 aliphatic carbocycles. The number of esters is 1. The molecule has 1 aliphatic heterocycles. The molecule has 0 saturated carbocycles. The first-order valence-electron chi connectivity index (χ1n) is 9.58. The van der Waals surface area contributed by atoms with E-state index in [9.17, 15) is 10.1 Å². The third-order valence-electron chi connectivity index (χ3n) is 5.28. The minimum atomic E-state index is -0.583. The van der Waals surface area contributed by atoms with Crippen LogP contribution in [0.2, 0.25) is 0 Å². The second kappa shape index (κ2) is 8.35. The van der Waals surface area contributed by atoms with Gasteiger partial charge < -0.3 is 24.7 Å². The van der Waals surface area contributed by atoms with Crippen molar-refractivity contribution in [1.29, 1.82) is 5.26 Å². The third kappa shape index (κ3) is 3.37. The Labute approximate surface area is 184 Å². The standard InChI is InChI=1S/C23H20N4O5/c1-29-14-8-9-17(30-2)15(10-14)20-19-18(12-4-6-13(7-5-12)23(28)31-3)16(11-24)21(25)32-22(19)27-26-20/h4-10,18H,25H2,1-3H3,(H,26,27)/t18-/m1/s1. The molecule has 1 aromatic heterocycles. The lowest BCUT2D eigenvalue weighted by molar-refractivity contribution is 0.0600. The van der Waals surface area contributed by atoms with E-state index in [1.165, 1.54) is 7.11 Å². The van der Waals surface area contributed by atoms with Crippen LogP contribution in [-0.2, 0) is 4.74 Å². The quantitative estimate of drug-likeness (QED) is 0.588. The molecule has 1 aliphatic rings. The van der Waals surface area contributed by atoms with E-state index in [1.54, 1.807) is 56.7 Å². The van der Waals surface area contributed by atoms with Crippen molar-refractivity contribution in [2.75, 3.05) is 21.3 Å². The summed E-state index contributed by atoms with van der Waals surface area (Å²) in [5, 5.41) is 17.1. The molecule has 0 spiro atoms. The minimum absolute atomic E-state index is 0.0299. The van der Waals surface area contributed by atoms with Gasteiger partial charge in [-0.2, -0.15) is 5.26 Å². The van der Waals surface area contributed by atoms with Gasteiger partial charge in [0.15, 0.2) is 0 Å². The SMILES string of the molecule is COC(=O)c1ccc([C@@H]2C(C#N)=C(N)Oc3n[nH]c(-c4cc(OC)ccc4OC)c32)cc1. The fourth-order valence-electron chi connectivity index (χ4n) is 3.72. The lowest BCUT2D eigenvalue weighted by Gasteiger charge is -2.24. The zero-order valence-electron chi connectivity index (χ0n) is 17.6. The molecule has 0 unspecified atom stereocenters. The van der Waals surface area contributed by atoms with Gasteiger partial charge in [-0.05, 0) is 35.9 Å². The van der Waals surface area contributed by atoms with Crippen LogP contribution < -0.4 is 19.9 Å². The number of methoxy groups -OCH3 is 3. The molecular weight excluding hydrogens is 412 g/mol. The van der Waals surface area contributed by atoms with E-state index in [0.29, 0.717) is 33.9 Å². The van der Waals surface area contributed by atoms with Crippen LogP contribution >= 0.6 is 0 Å². The van der Waals surface area contributed by atoms with E-state index < -0.39 is 11.9 Å². The highest BCUT2D eigenvalue weighted by Crippen LogP contribution is 2.47. The van der Waals surface area contributed by atoms with Crippen molar-refractivity contribution in [3.8, 4) is 34.7 Å². The molecular formula is C23H20N4O5. The van der Waals surface area contributed by atoms with E-state index in [-0.39, 0.29) is 17.3 Å². The number of nitrogens with zero attached hydrogens (tertiary/aromatic N) is 2. The number of ether oxygens (including phenoxy) is 4. The monoisotopic (exact) mass is 432 g/mol. The molecule has 1 atom stereocenters. The van der Waals surface area contributed by atoms with E-state index in [1.807, 2.05) is 0 Å². The molecule has 3 N–H and O–H groups in total. The Bertz CT molecular complexity index is 1250. The van der Waals surface area contributed by atoms with Crippen molar-refractivity contribution >= 4 is 5.97 Å². The second-order valence-corrected chi connectivity index (χ2v) is 6.92. The Morgan fingerprint density at radius 1 is 1.16 bits per heavy atom. The molecule has 4 rings (SSSR count). The molecule has 3 aromatic rings. The van der Waals surface area contributed by atoms with Gasteiger partial charge in [-0.3, -0.25) is 5.10 Å². The summed E-state index contributed by atoms with van der Waals surface area (Å²) in [6.07, 6.45) is 0. The van der Waals surface area contributed by atoms with Gasteiger partial charge in [-0.1, -0.05) is 12.1 Å². The number of hydrogen-bond donors (Lipinski definition) is 2. The average molecular weight is 432 g/mol. The van der Waals surface area contributed by atoms with Gasteiger partial charge in [0.05, 0.1) is 44.1 Å². The number of H-pyrrole nitrogens is 1. The maximum Gasteiger partial charge on any atom is 0.337 e. The number of fused-ring (bicyclic) bond motifs is 1. The zero-order chi connectivity index (χ0) is 22.8. The normalized spacial score (nSPS) is 14.8. The van der Waals surface area contributed by atoms with Crippen molar-refractivity contribution < 1.29 is 23.7 Å². The largest absolute Gasteiger partial charge is 0.497 e. The zero-order valence-corrected chi connectivity index (χ0v) is 17.6. The van der Waals surface area contributed by atoms with Crippen LogP contribution in [0.25, 0.3) is 11.3 Å². The molecule has 9 heteroatoms. The number of hydrogen-bond acceptors (Lipinski definition) is 8. The predicted octanol–water partition coefficient (Wildman–Crippen LogP) is 3.10. The number of carbonyl (C=O) groups excluding carboxylic acids is 1. The van der Waals surface area contributed by atoms with E-state index in [4.69, 9.17) is 24.7 Å². The maximum absolute atomic E-state index is 11.8. The maximum atomic E-state index is 11.8. The van der Waals surface area contributed by atoms with Gasteiger partial charge in [0.2, 0.25) is 11.8 Å². The number of nitrogens with one attached hydrogen (secondary N) is 1. The van der Waals surface area contributed by atoms with Crippen LogP contribution in [0, 0.1) is 11.3 Å². The van der Waals surface area contributed by atoms with E-state index >= 15 is 0 Å². The van der Waals surface area contributed by atoms with Crippen LogP contribution in [0.4, 0.5) is 0 Å². The van der Waals surface area contributed by atoms with Crippen LogP contribution in [0.3, 0.4) is 0 Å². The molecule has 2 heterocycles. The minimum Gasteiger partial charge on any atom is -0.497 e. The third-order valence-corrected chi connectivity index (χ3v) is 5.28. The molecule has 0 saturated heterocycles. The molecule has 0 bridgehead atoms. The lowest BCUT2D eigenvalue weighted by Crippen LogP contribution is -2.21. The predicted molar refractivity (Wildman–Crippen MR) is 114 cm³/mol. The molecule has 0 radical (unpaired) electrons. The number of aromatic amines is 1. The van der Waals surface area contributed by atoms with Crippen molar-refractivity contribution in [2.24, 2.45) is 5.73 Å². The van der Waals surface area contributed by atoms with Gasteiger partial charge in [-0.25, -0.2) is 4.79 Å². The van der Waals surface area contributed by atoms with Crippen molar-refractivity contribution in [1.82, 2.24) is 10.2 Å². The summed E-state index contributed by atoms with van der Waals surface area (Å²) in [5.41, 5.74) is 9.28. The van der Waals surface area contributed by atoms with E-state index in [2.05, 4.69) is 16.3 Å². The van der Waals surface area contributed by atoms with Gasteiger partial charge >= 0.3 is 5.97 Å². The van der Waals surface area contributed by atoms with Gasteiger partial charge in [0.25, 0.3) is 0 Å². The number of benzene rings is 2. The number of allylic oxidation sites excluding steroid dienone is 1. The Morgan fingerprint density at radius 3 is 2.53 bits per heavy atom. The molecule has 32 heavy (non-hydrogen) atoms. The summed E-state index contributed by atoms with van der Waals surface area (Å²) >= 11 is 0. The van der Waals surface area contributed by atoms with Crippen molar-refractivity contribution in [3.05, 3.63) is 70.6 Å². The Hall–Kier alpha value is -4.45. The van der Waals surface area contributed by atoms with Gasteiger partial charge in [-0.15, -0.1) is 5.10 Å². The van der Waals surface area contributed by atoms with Crippen molar-refractivity contribution in [2.45, 2.75) is 5.92 Å². The van der Waals surface area contributed by atoms with Crippen LogP contribution in [0.5, 0.6) is 17.4 Å². The first-order valence-corrected chi connectivity index (χ1v) is 9.58. The first-order chi connectivity index (χ1) is 15.5. The molecule has 9 nitrogen and oxygen atoms in total. The van der Waals surface area contributed by atoms with E-state index in [0.717, 1.165) is 5.56 Å². The average Bonchev–Trinajstić information content (AvgIpc) is 3.25. The molecule has 0 fully saturated rings. The summed E-state index contributed by atoms with van der Waals surface area (Å²) in [7, 11) is 4.45. The summed E-state index contributed by atoms with van der Waals surface area (Å²) in [5.74, 6) is 0.389. The summed E-state index contributed by atoms with van der Waals surface area (Å²) < 4.78 is 21.3.